The number of hydrogen-bond acceptors (Lipinski definition) is 3. The van der Waals surface area contributed by atoms with Crippen molar-refractivity contribution >= 4 is 0 Å². The van der Waals surface area contributed by atoms with E-state index in [1.54, 1.807) is 0 Å². The van der Waals surface area contributed by atoms with Crippen molar-refractivity contribution in [2.45, 2.75) is 64.1 Å². The van der Waals surface area contributed by atoms with Gasteiger partial charge in [-0.2, -0.15) is 0 Å². The largest absolute Gasteiger partial charge is 0.378 e. The van der Waals surface area contributed by atoms with Crippen LogP contribution in [0.3, 0.4) is 0 Å². The van der Waals surface area contributed by atoms with Gasteiger partial charge in [0.1, 0.15) is 0 Å². The van der Waals surface area contributed by atoms with Gasteiger partial charge in [-0.3, -0.25) is 0 Å². The first-order chi connectivity index (χ1) is 7.49. The van der Waals surface area contributed by atoms with Gasteiger partial charge in [0.25, 0.3) is 0 Å². The maximum atomic E-state index is 6.49. The number of hydrogen-bond donors (Lipinski definition) is 2. The van der Waals surface area contributed by atoms with Crippen LogP contribution in [0, 0.1) is 5.41 Å². The molecule has 0 saturated heterocycles. The summed E-state index contributed by atoms with van der Waals surface area (Å²) in [6.45, 7) is 8.26. The zero-order chi connectivity index (χ0) is 11.8. The Labute approximate surface area is 99.1 Å². The van der Waals surface area contributed by atoms with Gasteiger partial charge in [0.2, 0.25) is 0 Å². The molecule has 3 nitrogen and oxygen atoms in total. The summed E-state index contributed by atoms with van der Waals surface area (Å²) < 4.78 is 5.73. The zero-order valence-corrected chi connectivity index (χ0v) is 10.9. The predicted octanol–water partition coefficient (Wildman–Crippen LogP) is 1.66. The standard InChI is InChI=1S/C13H26N2O/c1-4-16-11-8-13(14,12(11,2)3)9-15-10-6-5-7-10/h10-11,15H,4-9,14H2,1-3H3. The Balaban J connectivity index is 1.83. The van der Waals surface area contributed by atoms with Crippen molar-refractivity contribution < 1.29 is 4.74 Å². The lowest BCUT2D eigenvalue weighted by molar-refractivity contribution is -0.148. The van der Waals surface area contributed by atoms with Crippen molar-refractivity contribution in [3.8, 4) is 0 Å². The molecule has 0 radical (unpaired) electrons. The second kappa shape index (κ2) is 4.28. The number of ether oxygens (including phenoxy) is 1. The molecule has 2 aliphatic carbocycles. The van der Waals surface area contributed by atoms with E-state index in [-0.39, 0.29) is 11.0 Å². The molecule has 2 saturated carbocycles. The number of rotatable bonds is 5. The Morgan fingerprint density at radius 3 is 2.50 bits per heavy atom. The summed E-state index contributed by atoms with van der Waals surface area (Å²) in [5.74, 6) is 0. The highest BCUT2D eigenvalue weighted by Crippen LogP contribution is 2.49. The third-order valence-corrected chi connectivity index (χ3v) is 4.82. The van der Waals surface area contributed by atoms with Gasteiger partial charge in [-0.1, -0.05) is 20.3 Å². The van der Waals surface area contributed by atoms with E-state index < -0.39 is 0 Å². The minimum absolute atomic E-state index is 0.0809. The van der Waals surface area contributed by atoms with E-state index >= 15 is 0 Å². The SMILES string of the molecule is CCOC1CC(N)(CNC2CCC2)C1(C)C. The summed E-state index contributed by atoms with van der Waals surface area (Å²) in [5, 5.41) is 3.60. The van der Waals surface area contributed by atoms with E-state index in [1.165, 1.54) is 19.3 Å². The summed E-state index contributed by atoms with van der Waals surface area (Å²) in [4.78, 5) is 0. The van der Waals surface area contributed by atoms with Crippen molar-refractivity contribution in [3.05, 3.63) is 0 Å². The Bertz CT molecular complexity index is 250. The summed E-state index contributed by atoms with van der Waals surface area (Å²) in [6, 6.07) is 0.724. The van der Waals surface area contributed by atoms with Gasteiger partial charge in [-0.15, -0.1) is 0 Å². The molecule has 16 heavy (non-hydrogen) atoms. The average Bonchev–Trinajstić information content (AvgIpc) is 2.15. The van der Waals surface area contributed by atoms with Gasteiger partial charge in [0.05, 0.1) is 6.10 Å². The minimum Gasteiger partial charge on any atom is -0.378 e. The van der Waals surface area contributed by atoms with Crippen molar-refractivity contribution in [1.82, 2.24) is 5.32 Å². The molecule has 0 bridgehead atoms. The highest BCUT2D eigenvalue weighted by atomic mass is 16.5. The molecular formula is C13H26N2O. The maximum Gasteiger partial charge on any atom is 0.0662 e. The van der Waals surface area contributed by atoms with Gasteiger partial charge in [0.15, 0.2) is 0 Å². The molecule has 0 aromatic rings. The van der Waals surface area contributed by atoms with Crippen molar-refractivity contribution in [2.24, 2.45) is 11.1 Å². The monoisotopic (exact) mass is 226 g/mol. The maximum absolute atomic E-state index is 6.49. The fraction of sp³-hybridized carbons (Fsp3) is 1.00. The molecule has 2 unspecified atom stereocenters. The van der Waals surface area contributed by atoms with Crippen LogP contribution in [-0.4, -0.2) is 30.8 Å². The van der Waals surface area contributed by atoms with Crippen LogP contribution in [0.2, 0.25) is 0 Å². The first kappa shape index (κ1) is 12.3. The smallest absolute Gasteiger partial charge is 0.0662 e. The number of nitrogens with one attached hydrogen (secondary N) is 1. The van der Waals surface area contributed by atoms with Gasteiger partial charge < -0.3 is 15.8 Å². The number of nitrogens with two attached hydrogens (primary N) is 1. The summed E-state index contributed by atoms with van der Waals surface area (Å²) in [6.07, 6.45) is 5.36. The molecule has 3 N–H and O–H groups in total. The molecule has 0 aromatic heterocycles. The first-order valence-corrected chi connectivity index (χ1v) is 6.63. The molecule has 2 atom stereocenters. The van der Waals surface area contributed by atoms with Crippen molar-refractivity contribution in [1.29, 1.82) is 0 Å². The highest BCUT2D eigenvalue weighted by molar-refractivity contribution is 5.14. The Morgan fingerprint density at radius 2 is 2.06 bits per heavy atom. The molecule has 0 spiro atoms. The van der Waals surface area contributed by atoms with Gasteiger partial charge in [-0.05, 0) is 26.2 Å². The quantitative estimate of drug-likeness (QED) is 0.749. The third kappa shape index (κ3) is 1.89. The van der Waals surface area contributed by atoms with E-state index in [2.05, 4.69) is 26.1 Å². The molecule has 3 heteroatoms. The van der Waals surface area contributed by atoms with Crippen LogP contribution in [-0.2, 0) is 4.74 Å². The third-order valence-electron chi connectivity index (χ3n) is 4.82. The minimum atomic E-state index is -0.0809. The first-order valence-electron chi connectivity index (χ1n) is 6.63. The topological polar surface area (TPSA) is 47.3 Å². The van der Waals surface area contributed by atoms with Gasteiger partial charge >= 0.3 is 0 Å². The van der Waals surface area contributed by atoms with Crippen molar-refractivity contribution in [3.63, 3.8) is 0 Å². The van der Waals surface area contributed by atoms with Crippen molar-refractivity contribution in [2.75, 3.05) is 13.2 Å². The van der Waals surface area contributed by atoms with Crippen LogP contribution in [0.1, 0.15) is 46.5 Å². The van der Waals surface area contributed by atoms with Gasteiger partial charge in [0, 0.05) is 30.1 Å². The van der Waals surface area contributed by atoms with Crippen LogP contribution >= 0.6 is 0 Å². The van der Waals surface area contributed by atoms with Crippen LogP contribution in [0.5, 0.6) is 0 Å². The molecule has 0 aromatic carbocycles. The average molecular weight is 226 g/mol. The normalized spacial score (nSPS) is 37.9. The van der Waals surface area contributed by atoms with E-state index in [4.69, 9.17) is 10.5 Å². The molecule has 0 heterocycles. The summed E-state index contributed by atoms with van der Waals surface area (Å²) in [5.41, 5.74) is 6.50. The van der Waals surface area contributed by atoms with Crippen LogP contribution in [0.15, 0.2) is 0 Å². The molecule has 2 aliphatic rings. The molecule has 0 amide bonds. The molecule has 94 valence electrons. The summed E-state index contributed by atoms with van der Waals surface area (Å²) >= 11 is 0. The lowest BCUT2D eigenvalue weighted by atomic mass is 9.54. The predicted molar refractivity (Wildman–Crippen MR) is 66.4 cm³/mol. The Hall–Kier alpha value is -0.120. The fourth-order valence-corrected chi connectivity index (χ4v) is 2.75. The van der Waals surface area contributed by atoms with E-state index in [1.807, 2.05) is 0 Å². The lowest BCUT2D eigenvalue weighted by Gasteiger charge is -2.59. The lowest BCUT2D eigenvalue weighted by Crippen LogP contribution is -2.73. The van der Waals surface area contributed by atoms with E-state index in [0.29, 0.717) is 6.10 Å². The second-order valence-electron chi connectivity index (χ2n) is 6.03. The van der Waals surface area contributed by atoms with E-state index in [0.717, 1.165) is 25.6 Å². The second-order valence-corrected chi connectivity index (χ2v) is 6.03. The molecule has 2 fully saturated rings. The van der Waals surface area contributed by atoms with E-state index in [9.17, 15) is 0 Å². The van der Waals surface area contributed by atoms with Crippen LogP contribution in [0.25, 0.3) is 0 Å². The Kier molecular flexibility index (Phi) is 3.30. The molecule has 0 aliphatic heterocycles. The Morgan fingerprint density at radius 1 is 1.38 bits per heavy atom. The molecule has 2 rings (SSSR count). The van der Waals surface area contributed by atoms with Crippen LogP contribution < -0.4 is 11.1 Å². The molecular weight excluding hydrogens is 200 g/mol. The van der Waals surface area contributed by atoms with Crippen LogP contribution in [0.4, 0.5) is 0 Å². The van der Waals surface area contributed by atoms with Gasteiger partial charge in [-0.25, -0.2) is 0 Å². The highest BCUT2D eigenvalue weighted by Gasteiger charge is 2.58. The fourth-order valence-electron chi connectivity index (χ4n) is 2.75. The summed E-state index contributed by atoms with van der Waals surface area (Å²) in [7, 11) is 0. The zero-order valence-electron chi connectivity index (χ0n) is 10.9.